The quantitative estimate of drug-likeness (QED) is 0.916. The normalized spacial score (nSPS) is 27.6. The molecule has 3 heterocycles. The SMILES string of the molecule is CCc1ccc(C(N)C2CCOC3(CCSCC3)C2)s1. The summed E-state index contributed by atoms with van der Waals surface area (Å²) in [6, 6.07) is 4.69. The van der Waals surface area contributed by atoms with Gasteiger partial charge in [-0.05, 0) is 61.7 Å². The molecule has 0 amide bonds. The Labute approximate surface area is 130 Å². The Bertz CT molecular complexity index is 434. The molecule has 2 N–H and O–H groups in total. The maximum absolute atomic E-state index is 6.58. The summed E-state index contributed by atoms with van der Waals surface area (Å²) >= 11 is 3.97. The van der Waals surface area contributed by atoms with Crippen molar-refractivity contribution >= 4 is 23.1 Å². The predicted molar refractivity (Wildman–Crippen MR) is 88.6 cm³/mol. The second kappa shape index (κ2) is 6.39. The van der Waals surface area contributed by atoms with E-state index >= 15 is 0 Å². The third-order valence-corrected chi connectivity index (χ3v) is 7.12. The van der Waals surface area contributed by atoms with Crippen LogP contribution in [-0.2, 0) is 11.2 Å². The second-order valence-electron chi connectivity index (χ2n) is 6.08. The fourth-order valence-electron chi connectivity index (χ4n) is 3.46. The minimum atomic E-state index is 0.149. The average molecular weight is 312 g/mol. The molecule has 3 rings (SSSR count). The Balaban J connectivity index is 1.69. The predicted octanol–water partition coefficient (Wildman–Crippen LogP) is 4.00. The van der Waals surface area contributed by atoms with Crippen molar-refractivity contribution in [1.29, 1.82) is 0 Å². The van der Waals surface area contributed by atoms with Crippen molar-refractivity contribution in [2.24, 2.45) is 11.7 Å². The largest absolute Gasteiger partial charge is 0.375 e. The van der Waals surface area contributed by atoms with E-state index in [0.717, 1.165) is 25.9 Å². The van der Waals surface area contributed by atoms with Crippen molar-refractivity contribution in [3.8, 4) is 0 Å². The average Bonchev–Trinajstić information content (AvgIpc) is 2.96. The number of aryl methyl sites for hydroxylation is 1. The zero-order valence-electron chi connectivity index (χ0n) is 12.3. The van der Waals surface area contributed by atoms with Gasteiger partial charge in [0.25, 0.3) is 0 Å². The third-order valence-electron chi connectivity index (χ3n) is 4.80. The highest BCUT2D eigenvalue weighted by molar-refractivity contribution is 7.99. The van der Waals surface area contributed by atoms with E-state index in [9.17, 15) is 0 Å². The standard InChI is InChI=1S/C16H25NOS2/c1-2-13-3-4-14(20-13)15(17)12-5-8-18-16(11-12)6-9-19-10-7-16/h3-4,12,15H,2,5-11,17H2,1H3. The van der Waals surface area contributed by atoms with Gasteiger partial charge in [-0.2, -0.15) is 11.8 Å². The lowest BCUT2D eigenvalue weighted by atomic mass is 9.78. The van der Waals surface area contributed by atoms with Gasteiger partial charge < -0.3 is 10.5 Å². The van der Waals surface area contributed by atoms with Crippen molar-refractivity contribution < 1.29 is 4.74 Å². The third kappa shape index (κ3) is 3.08. The van der Waals surface area contributed by atoms with Gasteiger partial charge in [0.2, 0.25) is 0 Å². The second-order valence-corrected chi connectivity index (χ2v) is 8.50. The molecule has 112 valence electrons. The molecule has 0 saturated carbocycles. The molecule has 2 aliphatic rings. The molecule has 0 aromatic carbocycles. The number of rotatable bonds is 3. The van der Waals surface area contributed by atoms with Crippen LogP contribution in [0.2, 0.25) is 0 Å². The molecule has 1 spiro atoms. The first-order valence-electron chi connectivity index (χ1n) is 7.78. The van der Waals surface area contributed by atoms with Crippen LogP contribution in [-0.4, -0.2) is 23.7 Å². The summed E-state index contributed by atoms with van der Waals surface area (Å²) in [5.41, 5.74) is 6.73. The first-order valence-corrected chi connectivity index (χ1v) is 9.75. The van der Waals surface area contributed by atoms with Gasteiger partial charge >= 0.3 is 0 Å². The molecule has 20 heavy (non-hydrogen) atoms. The number of ether oxygens (including phenoxy) is 1. The van der Waals surface area contributed by atoms with E-state index in [1.165, 1.54) is 34.1 Å². The van der Waals surface area contributed by atoms with Crippen molar-refractivity contribution in [1.82, 2.24) is 0 Å². The van der Waals surface area contributed by atoms with Crippen LogP contribution < -0.4 is 5.73 Å². The van der Waals surface area contributed by atoms with Gasteiger partial charge in [-0.1, -0.05) is 6.92 Å². The van der Waals surface area contributed by atoms with E-state index in [-0.39, 0.29) is 11.6 Å². The molecule has 2 nitrogen and oxygen atoms in total. The van der Waals surface area contributed by atoms with Crippen molar-refractivity contribution in [3.05, 3.63) is 21.9 Å². The summed E-state index contributed by atoms with van der Waals surface area (Å²) in [7, 11) is 0. The minimum Gasteiger partial charge on any atom is -0.375 e. The van der Waals surface area contributed by atoms with Crippen LogP contribution >= 0.6 is 23.1 Å². The number of hydrogen-bond acceptors (Lipinski definition) is 4. The van der Waals surface area contributed by atoms with Gasteiger partial charge in [-0.3, -0.25) is 0 Å². The Morgan fingerprint density at radius 3 is 2.90 bits per heavy atom. The molecule has 2 fully saturated rings. The highest BCUT2D eigenvalue weighted by Crippen LogP contribution is 2.43. The number of nitrogens with two attached hydrogens (primary N) is 1. The van der Waals surface area contributed by atoms with E-state index in [4.69, 9.17) is 10.5 Å². The first-order chi connectivity index (χ1) is 9.72. The molecule has 2 aliphatic heterocycles. The van der Waals surface area contributed by atoms with Crippen molar-refractivity contribution in [2.75, 3.05) is 18.1 Å². The molecule has 0 radical (unpaired) electrons. The van der Waals surface area contributed by atoms with Crippen LogP contribution in [0, 0.1) is 5.92 Å². The van der Waals surface area contributed by atoms with Gasteiger partial charge in [0, 0.05) is 22.4 Å². The molecule has 1 aromatic heterocycles. The monoisotopic (exact) mass is 311 g/mol. The fraction of sp³-hybridized carbons (Fsp3) is 0.750. The highest BCUT2D eigenvalue weighted by atomic mass is 32.2. The van der Waals surface area contributed by atoms with Gasteiger partial charge in [0.05, 0.1) is 5.60 Å². The lowest BCUT2D eigenvalue weighted by molar-refractivity contribution is -0.105. The summed E-state index contributed by atoms with van der Waals surface area (Å²) in [5.74, 6) is 3.09. The Kier molecular flexibility index (Phi) is 4.75. The Morgan fingerprint density at radius 1 is 1.40 bits per heavy atom. The molecule has 0 aliphatic carbocycles. The smallest absolute Gasteiger partial charge is 0.0701 e. The molecule has 2 atom stereocenters. The van der Waals surface area contributed by atoms with Crippen LogP contribution in [0.4, 0.5) is 0 Å². The van der Waals surface area contributed by atoms with E-state index < -0.39 is 0 Å². The summed E-state index contributed by atoms with van der Waals surface area (Å²) in [4.78, 5) is 2.82. The van der Waals surface area contributed by atoms with Crippen LogP contribution in [0.15, 0.2) is 12.1 Å². The van der Waals surface area contributed by atoms with Crippen LogP contribution in [0.5, 0.6) is 0 Å². The molecule has 2 unspecified atom stereocenters. The van der Waals surface area contributed by atoms with Crippen molar-refractivity contribution in [3.63, 3.8) is 0 Å². The number of hydrogen-bond donors (Lipinski definition) is 1. The van der Waals surface area contributed by atoms with E-state index in [2.05, 4.69) is 30.8 Å². The molecule has 2 saturated heterocycles. The van der Waals surface area contributed by atoms with Crippen molar-refractivity contribution in [2.45, 2.75) is 50.7 Å². The maximum atomic E-state index is 6.58. The highest BCUT2D eigenvalue weighted by Gasteiger charge is 2.40. The molecule has 4 heteroatoms. The van der Waals surface area contributed by atoms with Gasteiger partial charge in [-0.15, -0.1) is 11.3 Å². The van der Waals surface area contributed by atoms with Crippen LogP contribution in [0.3, 0.4) is 0 Å². The summed E-state index contributed by atoms with van der Waals surface area (Å²) in [6.07, 6.45) is 5.83. The number of thiophene rings is 1. The zero-order valence-corrected chi connectivity index (χ0v) is 13.9. The molecular formula is C16H25NOS2. The lowest BCUT2D eigenvalue weighted by Crippen LogP contribution is -2.45. The molecular weight excluding hydrogens is 286 g/mol. The first kappa shape index (κ1) is 14.9. The van der Waals surface area contributed by atoms with Gasteiger partial charge in [-0.25, -0.2) is 0 Å². The maximum Gasteiger partial charge on any atom is 0.0701 e. The minimum absolute atomic E-state index is 0.149. The summed E-state index contributed by atoms with van der Waals surface area (Å²) in [6.45, 7) is 3.11. The van der Waals surface area contributed by atoms with Gasteiger partial charge in [0.15, 0.2) is 0 Å². The zero-order chi connectivity index (χ0) is 14.0. The van der Waals surface area contributed by atoms with E-state index in [1.807, 2.05) is 11.3 Å². The molecule has 1 aromatic rings. The van der Waals surface area contributed by atoms with Crippen LogP contribution in [0.1, 0.15) is 48.4 Å². The van der Waals surface area contributed by atoms with E-state index in [1.54, 1.807) is 0 Å². The number of thioether (sulfide) groups is 1. The topological polar surface area (TPSA) is 35.2 Å². The Hall–Kier alpha value is -0.0300. The lowest BCUT2D eigenvalue weighted by Gasteiger charge is -2.44. The van der Waals surface area contributed by atoms with Gasteiger partial charge in [0.1, 0.15) is 0 Å². The summed E-state index contributed by atoms with van der Waals surface area (Å²) in [5, 5.41) is 0. The van der Waals surface area contributed by atoms with Crippen LogP contribution in [0.25, 0.3) is 0 Å². The molecule has 0 bridgehead atoms. The fourth-order valence-corrected chi connectivity index (χ4v) is 5.74. The Morgan fingerprint density at radius 2 is 2.20 bits per heavy atom. The summed E-state index contributed by atoms with van der Waals surface area (Å²) < 4.78 is 6.18. The van der Waals surface area contributed by atoms with E-state index in [0.29, 0.717) is 5.92 Å².